The second-order valence-corrected chi connectivity index (χ2v) is 9.79. The summed E-state index contributed by atoms with van der Waals surface area (Å²) in [6, 6.07) is 9.06. The number of carbonyl (C=O) groups excluding carboxylic acids is 1. The van der Waals surface area contributed by atoms with Crippen LogP contribution in [0.1, 0.15) is 37.4 Å². The number of likely N-dealkylation sites (tertiary alicyclic amines) is 1. The lowest BCUT2D eigenvalue weighted by molar-refractivity contribution is -0.143. The van der Waals surface area contributed by atoms with Crippen molar-refractivity contribution in [2.75, 3.05) is 43.5 Å². The van der Waals surface area contributed by atoms with E-state index in [2.05, 4.69) is 10.6 Å². The van der Waals surface area contributed by atoms with Crippen LogP contribution in [0, 0.1) is 12.8 Å². The Balaban J connectivity index is 1.56. The number of hydrogen-bond donors (Lipinski definition) is 3. The number of aryl methyl sites for hydroxylation is 1. The minimum Gasteiger partial charge on any atom is -0.392 e. The molecule has 2 atom stereocenters. The predicted octanol–water partition coefficient (Wildman–Crippen LogP) is 5.46. The van der Waals surface area contributed by atoms with Crippen molar-refractivity contribution >= 4 is 23.1 Å². The summed E-state index contributed by atoms with van der Waals surface area (Å²) in [5, 5.41) is 15.8. The number of hydrogen-bond acceptors (Lipinski definition) is 5. The van der Waals surface area contributed by atoms with Gasteiger partial charge >= 0.3 is 12.2 Å². The number of rotatable bonds is 7. The average molecular weight is 519 g/mol. The third-order valence-electron chi connectivity index (χ3n) is 6.59. The molecule has 1 fully saturated rings. The van der Waals surface area contributed by atoms with Gasteiger partial charge in [-0.2, -0.15) is 13.2 Å². The Bertz CT molecular complexity index is 1150. The van der Waals surface area contributed by atoms with Crippen molar-refractivity contribution in [2.24, 2.45) is 5.92 Å². The smallest absolute Gasteiger partial charge is 0.389 e. The summed E-state index contributed by atoms with van der Waals surface area (Å²) in [5.74, 6) is 0.0593. The van der Waals surface area contributed by atoms with Crippen LogP contribution in [0.5, 0.6) is 0 Å². The van der Waals surface area contributed by atoms with E-state index >= 15 is 0 Å². The number of amides is 2. The highest BCUT2D eigenvalue weighted by Gasteiger charge is 2.36. The quantitative estimate of drug-likeness (QED) is 0.453. The van der Waals surface area contributed by atoms with Gasteiger partial charge in [0.1, 0.15) is 5.82 Å². The van der Waals surface area contributed by atoms with Crippen molar-refractivity contribution in [3.05, 3.63) is 47.7 Å². The molecular weight excluding hydrogens is 485 g/mol. The molecule has 200 valence electrons. The number of ether oxygens (including phenoxy) is 1. The zero-order valence-corrected chi connectivity index (χ0v) is 21.1. The first kappa shape index (κ1) is 26.9. The van der Waals surface area contributed by atoms with Crippen molar-refractivity contribution in [3.8, 4) is 11.1 Å². The van der Waals surface area contributed by atoms with Crippen molar-refractivity contribution < 1.29 is 27.8 Å². The van der Waals surface area contributed by atoms with Gasteiger partial charge in [-0.05, 0) is 79.1 Å². The molecule has 0 radical (unpaired) electrons. The van der Waals surface area contributed by atoms with Gasteiger partial charge in [0, 0.05) is 31.7 Å². The van der Waals surface area contributed by atoms with Crippen molar-refractivity contribution in [2.45, 2.75) is 45.4 Å². The first-order valence-electron chi connectivity index (χ1n) is 12.5. The molecule has 2 aliphatic heterocycles. The summed E-state index contributed by atoms with van der Waals surface area (Å²) in [7, 11) is 0. The molecule has 3 N–H and O–H groups in total. The van der Waals surface area contributed by atoms with Gasteiger partial charge in [0.25, 0.3) is 0 Å². The zero-order chi connectivity index (χ0) is 26.6. The molecule has 0 aliphatic carbocycles. The predicted molar refractivity (Wildman–Crippen MR) is 137 cm³/mol. The van der Waals surface area contributed by atoms with E-state index in [4.69, 9.17) is 9.72 Å². The van der Waals surface area contributed by atoms with Gasteiger partial charge in [0.05, 0.1) is 25.0 Å². The SMILES string of the molecule is Cc1ccc(NC(=O)N2CCC(CC(F)(F)F)C2)cc1-c1cc(NC[C@@H](C)O)nc(C2=CCOCC2)c1. The number of carbonyl (C=O) groups is 1. The van der Waals surface area contributed by atoms with E-state index in [0.29, 0.717) is 44.2 Å². The Morgan fingerprint density at radius 3 is 2.81 bits per heavy atom. The number of aliphatic hydroxyl groups excluding tert-OH is 1. The molecule has 3 heterocycles. The summed E-state index contributed by atoms with van der Waals surface area (Å²) in [6.45, 7) is 5.55. The molecule has 1 aromatic carbocycles. The Kier molecular flexibility index (Phi) is 8.39. The highest BCUT2D eigenvalue weighted by Crippen LogP contribution is 2.33. The minimum atomic E-state index is -4.23. The van der Waals surface area contributed by atoms with Gasteiger partial charge in [-0.3, -0.25) is 0 Å². The largest absolute Gasteiger partial charge is 0.392 e. The molecule has 10 heteroatoms. The third-order valence-corrected chi connectivity index (χ3v) is 6.59. The number of nitrogens with zero attached hydrogens (tertiary/aromatic N) is 2. The first-order chi connectivity index (χ1) is 17.6. The molecule has 2 amide bonds. The molecule has 0 spiro atoms. The molecule has 0 bridgehead atoms. The number of anilines is 2. The van der Waals surface area contributed by atoms with Crippen LogP contribution < -0.4 is 10.6 Å². The normalized spacial score (nSPS) is 18.9. The standard InChI is InChI=1S/C27H33F3N4O3/c1-17-3-4-22(32-26(36)34-8-5-19(16-34)14-27(28,29)30)13-23(17)21-11-24(20-6-9-37-10-7-20)33-25(12-21)31-15-18(2)35/h3-4,6,11-13,18-19,35H,5,7-10,14-16H2,1-2H3,(H,31,33)(H,32,36)/t18-,19?/m1/s1. The van der Waals surface area contributed by atoms with Crippen LogP contribution in [0.4, 0.5) is 29.5 Å². The lowest BCUT2D eigenvalue weighted by Crippen LogP contribution is -2.33. The molecule has 1 unspecified atom stereocenters. The lowest BCUT2D eigenvalue weighted by atomic mass is 9.97. The van der Waals surface area contributed by atoms with Crippen LogP contribution in [0.25, 0.3) is 16.7 Å². The number of aromatic nitrogens is 1. The van der Waals surface area contributed by atoms with Crippen LogP contribution in [0.2, 0.25) is 0 Å². The topological polar surface area (TPSA) is 86.7 Å². The Morgan fingerprint density at radius 2 is 2.11 bits per heavy atom. The maximum absolute atomic E-state index is 12.8. The van der Waals surface area contributed by atoms with Crippen LogP contribution in [-0.2, 0) is 4.74 Å². The van der Waals surface area contributed by atoms with Crippen molar-refractivity contribution in [3.63, 3.8) is 0 Å². The van der Waals surface area contributed by atoms with E-state index in [1.165, 1.54) is 4.90 Å². The second kappa shape index (κ2) is 11.5. The number of pyridine rings is 1. The average Bonchev–Trinajstić information content (AvgIpc) is 3.31. The monoisotopic (exact) mass is 518 g/mol. The van der Waals surface area contributed by atoms with Crippen LogP contribution in [-0.4, -0.2) is 66.1 Å². The number of aliphatic hydroxyl groups is 1. The fraction of sp³-hybridized carbons (Fsp3) is 0.481. The summed E-state index contributed by atoms with van der Waals surface area (Å²) in [6.07, 6.45) is -2.54. The van der Waals surface area contributed by atoms with E-state index in [-0.39, 0.29) is 6.54 Å². The first-order valence-corrected chi connectivity index (χ1v) is 12.5. The summed E-state index contributed by atoms with van der Waals surface area (Å²) in [5.41, 5.74) is 5.24. The van der Waals surface area contributed by atoms with Gasteiger partial charge in [0.15, 0.2) is 0 Å². The molecule has 1 saturated heterocycles. The summed E-state index contributed by atoms with van der Waals surface area (Å²) >= 11 is 0. The molecule has 4 rings (SSSR count). The fourth-order valence-electron chi connectivity index (χ4n) is 4.68. The number of alkyl halides is 3. The van der Waals surface area contributed by atoms with E-state index in [9.17, 15) is 23.1 Å². The van der Waals surface area contributed by atoms with Crippen LogP contribution >= 0.6 is 0 Å². The Morgan fingerprint density at radius 1 is 1.30 bits per heavy atom. The molecule has 0 saturated carbocycles. The van der Waals surface area contributed by atoms with Gasteiger partial charge < -0.3 is 25.4 Å². The molecule has 7 nitrogen and oxygen atoms in total. The van der Waals surface area contributed by atoms with Gasteiger partial charge in [0.2, 0.25) is 0 Å². The highest BCUT2D eigenvalue weighted by atomic mass is 19.4. The zero-order valence-electron chi connectivity index (χ0n) is 21.1. The number of urea groups is 1. The van der Waals surface area contributed by atoms with Crippen molar-refractivity contribution in [1.29, 1.82) is 0 Å². The van der Waals surface area contributed by atoms with Gasteiger partial charge in [-0.15, -0.1) is 0 Å². The highest BCUT2D eigenvalue weighted by molar-refractivity contribution is 5.91. The summed E-state index contributed by atoms with van der Waals surface area (Å²) in [4.78, 5) is 19.0. The van der Waals surface area contributed by atoms with E-state index in [1.807, 2.05) is 37.3 Å². The fourth-order valence-corrected chi connectivity index (χ4v) is 4.68. The third kappa shape index (κ3) is 7.45. The number of benzene rings is 1. The maximum atomic E-state index is 12.8. The molecule has 1 aromatic heterocycles. The van der Waals surface area contributed by atoms with Crippen LogP contribution in [0.15, 0.2) is 36.4 Å². The number of halogens is 3. The molecule has 2 aliphatic rings. The van der Waals surface area contributed by atoms with Gasteiger partial charge in [-0.1, -0.05) is 12.1 Å². The molecule has 37 heavy (non-hydrogen) atoms. The van der Waals surface area contributed by atoms with Crippen LogP contribution in [0.3, 0.4) is 0 Å². The van der Waals surface area contributed by atoms with E-state index in [0.717, 1.165) is 34.4 Å². The van der Waals surface area contributed by atoms with Crippen molar-refractivity contribution in [1.82, 2.24) is 9.88 Å². The molecule has 2 aromatic rings. The maximum Gasteiger partial charge on any atom is 0.389 e. The molecular formula is C27H33F3N4O3. The second-order valence-electron chi connectivity index (χ2n) is 9.79. The number of nitrogens with one attached hydrogen (secondary N) is 2. The Labute approximate surface area is 214 Å². The lowest BCUT2D eigenvalue weighted by Gasteiger charge is -2.19. The van der Waals surface area contributed by atoms with E-state index < -0.39 is 30.7 Å². The Hall–Kier alpha value is -3.11. The minimum absolute atomic E-state index is 0.0922. The summed E-state index contributed by atoms with van der Waals surface area (Å²) < 4.78 is 43.7. The van der Waals surface area contributed by atoms with Gasteiger partial charge in [-0.25, -0.2) is 9.78 Å². The van der Waals surface area contributed by atoms with E-state index in [1.54, 1.807) is 13.0 Å².